The number of hydrogen-bond donors (Lipinski definition) is 2. The first kappa shape index (κ1) is 20.8. The molecule has 0 aliphatic carbocycles. The summed E-state index contributed by atoms with van der Waals surface area (Å²) in [5.41, 5.74) is -0.838. The van der Waals surface area contributed by atoms with Gasteiger partial charge in [-0.2, -0.15) is 13.2 Å². The molecule has 1 unspecified atom stereocenters. The number of rotatable bonds is 6. The summed E-state index contributed by atoms with van der Waals surface area (Å²) >= 11 is 1.46. The minimum absolute atomic E-state index is 0.100. The molecule has 1 amide bonds. The Hall–Kier alpha value is -1.21. The Labute approximate surface area is 145 Å². The van der Waals surface area contributed by atoms with Crippen LogP contribution in [0.1, 0.15) is 52.2 Å². The van der Waals surface area contributed by atoms with Gasteiger partial charge in [-0.15, -0.1) is 0 Å². The van der Waals surface area contributed by atoms with E-state index in [9.17, 15) is 18.0 Å². The molecule has 0 fully saturated rings. The largest absolute Gasteiger partial charge is 0.416 e. The first-order chi connectivity index (χ1) is 10.8. The lowest BCUT2D eigenvalue weighted by Gasteiger charge is -2.34. The van der Waals surface area contributed by atoms with Crippen LogP contribution in [0.3, 0.4) is 0 Å². The van der Waals surface area contributed by atoms with E-state index in [-0.39, 0.29) is 10.7 Å². The Kier molecular flexibility index (Phi) is 6.75. The molecule has 0 bridgehead atoms. The standard InChI is InChI=1S/C17H25F3N2OS/c1-12(23)21-10-9-16(5,22-24-15(2,3)4)13-7-6-8-14(11-13)17(18,19)20/h6-8,11,22H,9-10H2,1-5H3,(H,21,23). The van der Waals surface area contributed by atoms with Gasteiger partial charge in [0.1, 0.15) is 0 Å². The maximum atomic E-state index is 13.0. The van der Waals surface area contributed by atoms with Gasteiger partial charge in [0.2, 0.25) is 5.91 Å². The Morgan fingerprint density at radius 2 is 1.71 bits per heavy atom. The summed E-state index contributed by atoms with van der Waals surface area (Å²) in [7, 11) is 0. The molecule has 1 aromatic carbocycles. The summed E-state index contributed by atoms with van der Waals surface area (Å²) in [6.07, 6.45) is -3.91. The second-order valence-electron chi connectivity index (χ2n) is 6.96. The Morgan fingerprint density at radius 1 is 1.12 bits per heavy atom. The van der Waals surface area contributed by atoms with Crippen LogP contribution in [0.25, 0.3) is 0 Å². The highest BCUT2D eigenvalue weighted by molar-refractivity contribution is 7.98. The van der Waals surface area contributed by atoms with Gasteiger partial charge in [0.05, 0.1) is 11.1 Å². The highest BCUT2D eigenvalue weighted by Crippen LogP contribution is 2.35. The molecule has 1 rings (SSSR count). The number of carbonyl (C=O) groups is 1. The SMILES string of the molecule is CC(=O)NCCC(C)(NSC(C)(C)C)c1cccc(C(F)(F)F)c1. The Morgan fingerprint density at radius 3 is 2.21 bits per heavy atom. The molecule has 7 heteroatoms. The zero-order valence-corrected chi connectivity index (χ0v) is 15.5. The van der Waals surface area contributed by atoms with Crippen molar-refractivity contribution in [3.8, 4) is 0 Å². The van der Waals surface area contributed by atoms with Gasteiger partial charge >= 0.3 is 6.18 Å². The normalized spacial score (nSPS) is 15.0. The molecule has 0 spiro atoms. The van der Waals surface area contributed by atoms with Gasteiger partial charge in [-0.05, 0) is 51.8 Å². The van der Waals surface area contributed by atoms with E-state index < -0.39 is 17.3 Å². The highest BCUT2D eigenvalue weighted by Gasteiger charge is 2.34. The van der Waals surface area contributed by atoms with Gasteiger partial charge in [-0.1, -0.05) is 24.1 Å². The van der Waals surface area contributed by atoms with Crippen LogP contribution in [-0.2, 0) is 16.5 Å². The van der Waals surface area contributed by atoms with Crippen molar-refractivity contribution in [2.75, 3.05) is 6.54 Å². The van der Waals surface area contributed by atoms with Crippen molar-refractivity contribution in [3.63, 3.8) is 0 Å². The van der Waals surface area contributed by atoms with Crippen molar-refractivity contribution in [3.05, 3.63) is 35.4 Å². The third-order valence-corrected chi connectivity index (χ3v) is 4.57. The predicted molar refractivity (Wildman–Crippen MR) is 92.6 cm³/mol. The van der Waals surface area contributed by atoms with Crippen LogP contribution in [0.2, 0.25) is 0 Å². The van der Waals surface area contributed by atoms with Gasteiger partial charge in [-0.3, -0.25) is 9.52 Å². The lowest BCUT2D eigenvalue weighted by Crippen LogP contribution is -2.41. The maximum absolute atomic E-state index is 13.0. The molecular weight excluding hydrogens is 337 g/mol. The summed E-state index contributed by atoms with van der Waals surface area (Å²) < 4.78 is 42.2. The Balaban J connectivity index is 3.09. The fourth-order valence-electron chi connectivity index (χ4n) is 2.05. The number of nitrogens with one attached hydrogen (secondary N) is 2. The average Bonchev–Trinajstić information content (AvgIpc) is 2.43. The van der Waals surface area contributed by atoms with Crippen molar-refractivity contribution >= 4 is 17.9 Å². The molecule has 0 aliphatic rings. The summed E-state index contributed by atoms with van der Waals surface area (Å²) in [5.74, 6) is -0.162. The molecule has 0 aliphatic heterocycles. The molecule has 1 aromatic rings. The molecule has 0 heterocycles. The number of benzene rings is 1. The second-order valence-corrected chi connectivity index (χ2v) is 8.59. The van der Waals surface area contributed by atoms with Gasteiger partial charge in [-0.25, -0.2) is 0 Å². The van der Waals surface area contributed by atoms with E-state index in [2.05, 4.69) is 10.0 Å². The summed E-state index contributed by atoms with van der Waals surface area (Å²) in [6, 6.07) is 5.33. The third kappa shape index (κ3) is 6.73. The van der Waals surface area contributed by atoms with Crippen molar-refractivity contribution in [1.82, 2.24) is 10.0 Å². The van der Waals surface area contributed by atoms with Gasteiger partial charge in [0, 0.05) is 18.2 Å². The van der Waals surface area contributed by atoms with Crippen LogP contribution in [-0.4, -0.2) is 17.2 Å². The zero-order valence-electron chi connectivity index (χ0n) is 14.7. The smallest absolute Gasteiger partial charge is 0.356 e. The second kappa shape index (κ2) is 7.78. The third-order valence-electron chi connectivity index (χ3n) is 3.41. The minimum atomic E-state index is -4.38. The quantitative estimate of drug-likeness (QED) is 0.733. The van der Waals surface area contributed by atoms with Crippen LogP contribution >= 0.6 is 11.9 Å². The molecule has 24 heavy (non-hydrogen) atoms. The van der Waals surface area contributed by atoms with Gasteiger partial charge < -0.3 is 5.32 Å². The molecular formula is C17H25F3N2OS. The van der Waals surface area contributed by atoms with Crippen molar-refractivity contribution < 1.29 is 18.0 Å². The van der Waals surface area contributed by atoms with E-state index in [4.69, 9.17) is 0 Å². The number of amides is 1. The molecule has 2 N–H and O–H groups in total. The minimum Gasteiger partial charge on any atom is -0.356 e. The molecule has 136 valence electrons. The van der Waals surface area contributed by atoms with E-state index in [1.165, 1.54) is 31.0 Å². The van der Waals surface area contributed by atoms with E-state index in [0.29, 0.717) is 18.5 Å². The van der Waals surface area contributed by atoms with Crippen LogP contribution < -0.4 is 10.0 Å². The van der Waals surface area contributed by atoms with Crippen molar-refractivity contribution in [2.45, 2.75) is 57.5 Å². The molecule has 0 aromatic heterocycles. The van der Waals surface area contributed by atoms with E-state index in [1.807, 2.05) is 27.7 Å². The molecule has 0 saturated carbocycles. The summed E-state index contributed by atoms with van der Waals surface area (Å²) in [5, 5.41) is 2.70. The maximum Gasteiger partial charge on any atom is 0.416 e. The number of carbonyl (C=O) groups excluding carboxylic acids is 1. The van der Waals surface area contributed by atoms with Crippen LogP contribution in [0.4, 0.5) is 13.2 Å². The summed E-state index contributed by atoms with van der Waals surface area (Å²) in [6.45, 7) is 9.70. The Bertz CT molecular complexity index is 570. The van der Waals surface area contributed by atoms with Crippen molar-refractivity contribution in [1.29, 1.82) is 0 Å². The van der Waals surface area contributed by atoms with E-state index in [0.717, 1.165) is 6.07 Å². The van der Waals surface area contributed by atoms with E-state index >= 15 is 0 Å². The highest BCUT2D eigenvalue weighted by atomic mass is 32.2. The first-order valence-electron chi connectivity index (χ1n) is 7.71. The van der Waals surface area contributed by atoms with Gasteiger partial charge in [0.15, 0.2) is 0 Å². The topological polar surface area (TPSA) is 41.1 Å². The lowest BCUT2D eigenvalue weighted by molar-refractivity contribution is -0.137. The lowest BCUT2D eigenvalue weighted by atomic mass is 9.88. The summed E-state index contributed by atoms with van der Waals surface area (Å²) in [4.78, 5) is 11.1. The van der Waals surface area contributed by atoms with Crippen LogP contribution in [0.15, 0.2) is 24.3 Å². The van der Waals surface area contributed by atoms with Crippen molar-refractivity contribution in [2.24, 2.45) is 0 Å². The molecule has 0 radical (unpaired) electrons. The number of hydrogen-bond acceptors (Lipinski definition) is 3. The zero-order chi connectivity index (χ0) is 18.6. The van der Waals surface area contributed by atoms with Gasteiger partial charge in [0.25, 0.3) is 0 Å². The number of halogens is 3. The van der Waals surface area contributed by atoms with E-state index in [1.54, 1.807) is 6.07 Å². The molecule has 3 nitrogen and oxygen atoms in total. The average molecular weight is 362 g/mol. The predicted octanol–water partition coefficient (Wildman–Crippen LogP) is 4.48. The number of alkyl halides is 3. The van der Waals surface area contributed by atoms with Crippen LogP contribution in [0.5, 0.6) is 0 Å². The molecule has 1 atom stereocenters. The first-order valence-corrected chi connectivity index (χ1v) is 8.52. The van der Waals surface area contributed by atoms with Crippen LogP contribution in [0, 0.1) is 0 Å². The fourth-order valence-corrected chi connectivity index (χ4v) is 2.80. The molecule has 0 saturated heterocycles. The fraction of sp³-hybridized carbons (Fsp3) is 0.588. The monoisotopic (exact) mass is 362 g/mol.